The summed E-state index contributed by atoms with van der Waals surface area (Å²) in [6, 6.07) is 0. The molecule has 1 saturated heterocycles. The van der Waals surface area contributed by atoms with Crippen molar-refractivity contribution in [2.75, 3.05) is 6.61 Å². The fraction of sp³-hybridized carbons (Fsp3) is 0.625. The van der Waals surface area contributed by atoms with Crippen LogP contribution in [0.4, 0.5) is 0 Å². The summed E-state index contributed by atoms with van der Waals surface area (Å²) in [6.45, 7) is 2.56. The largest absolute Gasteiger partial charge is 0.475 e. The first kappa shape index (κ1) is 9.14. The van der Waals surface area contributed by atoms with Gasteiger partial charge in [-0.25, -0.2) is 9.78 Å². The number of aromatic carboxylic acids is 1. The van der Waals surface area contributed by atoms with Gasteiger partial charge in [0.1, 0.15) is 5.60 Å². The number of aromatic amines is 1. The van der Waals surface area contributed by atoms with Gasteiger partial charge < -0.3 is 9.84 Å². The summed E-state index contributed by atoms with van der Waals surface area (Å²) in [5.41, 5.74) is -0.499. The third-order valence-electron chi connectivity index (χ3n) is 2.40. The average Bonchev–Trinajstić information content (AvgIpc) is 2.71. The molecule has 0 radical (unpaired) electrons. The third kappa shape index (κ3) is 1.37. The highest BCUT2D eigenvalue weighted by Gasteiger charge is 2.35. The van der Waals surface area contributed by atoms with E-state index in [0.29, 0.717) is 12.4 Å². The van der Waals surface area contributed by atoms with Crippen molar-refractivity contribution in [3.05, 3.63) is 11.6 Å². The van der Waals surface area contributed by atoms with E-state index in [4.69, 9.17) is 9.84 Å². The van der Waals surface area contributed by atoms with Crippen LogP contribution in [0.1, 0.15) is 36.2 Å². The predicted molar refractivity (Wildman–Crippen MR) is 45.9 cm³/mol. The number of carbonyl (C=O) groups is 1. The summed E-state index contributed by atoms with van der Waals surface area (Å²) >= 11 is 0. The number of nitrogens with one attached hydrogen (secondary N) is 1. The molecule has 0 aromatic carbocycles. The summed E-state index contributed by atoms with van der Waals surface area (Å²) in [5.74, 6) is -0.849. The Labute approximate surface area is 80.3 Å². The molecule has 14 heavy (non-hydrogen) atoms. The maximum atomic E-state index is 10.5. The van der Waals surface area contributed by atoms with Gasteiger partial charge in [-0.3, -0.25) is 5.10 Å². The van der Waals surface area contributed by atoms with Gasteiger partial charge in [0.25, 0.3) is 5.82 Å². The van der Waals surface area contributed by atoms with Crippen LogP contribution in [0.5, 0.6) is 0 Å². The first-order valence-electron chi connectivity index (χ1n) is 4.42. The number of hydrogen-bond donors (Lipinski definition) is 2. The Morgan fingerprint density at radius 2 is 2.50 bits per heavy atom. The van der Waals surface area contributed by atoms with Crippen molar-refractivity contribution in [3.63, 3.8) is 0 Å². The summed E-state index contributed by atoms with van der Waals surface area (Å²) in [7, 11) is 0. The molecule has 2 heterocycles. The van der Waals surface area contributed by atoms with E-state index in [1.54, 1.807) is 0 Å². The predicted octanol–water partition coefficient (Wildman–Crippen LogP) is 0.528. The second-order valence-electron chi connectivity index (χ2n) is 3.50. The number of H-pyrrole nitrogens is 1. The van der Waals surface area contributed by atoms with Crippen LogP contribution in [0.15, 0.2) is 0 Å². The van der Waals surface area contributed by atoms with Crippen molar-refractivity contribution in [2.24, 2.45) is 0 Å². The van der Waals surface area contributed by atoms with Crippen molar-refractivity contribution < 1.29 is 14.6 Å². The maximum absolute atomic E-state index is 10.5. The van der Waals surface area contributed by atoms with E-state index in [9.17, 15) is 4.79 Å². The highest BCUT2D eigenvalue weighted by Crippen LogP contribution is 2.33. The number of rotatable bonds is 2. The van der Waals surface area contributed by atoms with E-state index in [0.717, 1.165) is 12.8 Å². The highest BCUT2D eigenvalue weighted by molar-refractivity contribution is 5.82. The van der Waals surface area contributed by atoms with E-state index in [1.165, 1.54) is 0 Å². The second-order valence-corrected chi connectivity index (χ2v) is 3.50. The van der Waals surface area contributed by atoms with Crippen molar-refractivity contribution >= 4 is 5.97 Å². The summed E-state index contributed by atoms with van der Waals surface area (Å²) in [4.78, 5) is 14.4. The molecule has 76 valence electrons. The van der Waals surface area contributed by atoms with E-state index in [1.807, 2.05) is 6.92 Å². The molecule has 1 fully saturated rings. The molecule has 1 aromatic rings. The van der Waals surface area contributed by atoms with Crippen LogP contribution in [-0.2, 0) is 10.3 Å². The second kappa shape index (κ2) is 3.06. The number of aromatic nitrogens is 3. The summed E-state index contributed by atoms with van der Waals surface area (Å²) < 4.78 is 5.49. The number of hydrogen-bond acceptors (Lipinski definition) is 4. The van der Waals surface area contributed by atoms with Crippen LogP contribution in [0.2, 0.25) is 0 Å². The maximum Gasteiger partial charge on any atom is 0.375 e. The standard InChI is InChI=1S/C8H11N3O3/c1-8(3-2-4-14-8)7-9-5(6(12)13)10-11-7/h2-4H2,1H3,(H,12,13)(H,9,10,11). The SMILES string of the molecule is CC1(c2nc(C(=O)O)n[nH]2)CCCO1. The molecule has 1 aromatic heterocycles. The van der Waals surface area contributed by atoms with Gasteiger partial charge in [-0.2, -0.15) is 0 Å². The number of carboxylic acid groups (broad SMARTS) is 1. The summed E-state index contributed by atoms with van der Waals surface area (Å²) in [6.07, 6.45) is 1.79. The quantitative estimate of drug-likeness (QED) is 0.721. The Hall–Kier alpha value is -1.43. The fourth-order valence-electron chi connectivity index (χ4n) is 1.56. The lowest BCUT2D eigenvalue weighted by Crippen LogP contribution is -2.21. The van der Waals surface area contributed by atoms with Crippen LogP contribution in [0.25, 0.3) is 0 Å². The normalized spacial score (nSPS) is 26.6. The highest BCUT2D eigenvalue weighted by atomic mass is 16.5. The van der Waals surface area contributed by atoms with E-state index in [-0.39, 0.29) is 5.82 Å². The zero-order valence-corrected chi connectivity index (χ0v) is 7.78. The Kier molecular flexibility index (Phi) is 1.99. The van der Waals surface area contributed by atoms with Gasteiger partial charge in [-0.15, -0.1) is 5.10 Å². The van der Waals surface area contributed by atoms with Gasteiger partial charge in [-0.1, -0.05) is 0 Å². The van der Waals surface area contributed by atoms with Gasteiger partial charge >= 0.3 is 5.97 Å². The number of nitrogens with zero attached hydrogens (tertiary/aromatic N) is 2. The minimum atomic E-state index is -1.13. The lowest BCUT2D eigenvalue weighted by molar-refractivity contribution is 0.00958. The molecule has 1 unspecified atom stereocenters. The van der Waals surface area contributed by atoms with E-state index >= 15 is 0 Å². The molecule has 0 spiro atoms. The third-order valence-corrected chi connectivity index (χ3v) is 2.40. The minimum Gasteiger partial charge on any atom is -0.475 e. The Morgan fingerprint density at radius 3 is 3.00 bits per heavy atom. The molecule has 1 atom stereocenters. The van der Waals surface area contributed by atoms with Crippen molar-refractivity contribution in [1.29, 1.82) is 0 Å². The molecule has 2 rings (SSSR count). The number of carboxylic acids is 1. The van der Waals surface area contributed by atoms with Crippen molar-refractivity contribution in [2.45, 2.75) is 25.4 Å². The lowest BCUT2D eigenvalue weighted by atomic mass is 10.0. The van der Waals surface area contributed by atoms with Gasteiger partial charge in [-0.05, 0) is 19.8 Å². The molecular formula is C8H11N3O3. The molecular weight excluding hydrogens is 186 g/mol. The zero-order chi connectivity index (χ0) is 10.2. The zero-order valence-electron chi connectivity index (χ0n) is 7.78. The average molecular weight is 197 g/mol. The van der Waals surface area contributed by atoms with Crippen molar-refractivity contribution in [1.82, 2.24) is 15.2 Å². The Morgan fingerprint density at radius 1 is 1.71 bits per heavy atom. The molecule has 0 bridgehead atoms. The molecule has 6 heteroatoms. The molecule has 0 aliphatic carbocycles. The molecule has 1 aliphatic rings. The Bertz CT molecular complexity index is 354. The molecule has 2 N–H and O–H groups in total. The topological polar surface area (TPSA) is 88.1 Å². The van der Waals surface area contributed by atoms with Crippen LogP contribution in [-0.4, -0.2) is 32.9 Å². The minimum absolute atomic E-state index is 0.211. The monoisotopic (exact) mass is 197 g/mol. The van der Waals surface area contributed by atoms with Gasteiger partial charge in [0.15, 0.2) is 5.82 Å². The van der Waals surface area contributed by atoms with Crippen LogP contribution in [0, 0.1) is 0 Å². The van der Waals surface area contributed by atoms with Crippen LogP contribution in [0.3, 0.4) is 0 Å². The van der Waals surface area contributed by atoms with Crippen LogP contribution >= 0.6 is 0 Å². The molecule has 6 nitrogen and oxygen atoms in total. The Balaban J connectivity index is 2.28. The molecule has 0 amide bonds. The first-order valence-corrected chi connectivity index (χ1v) is 4.42. The first-order chi connectivity index (χ1) is 6.62. The van der Waals surface area contributed by atoms with E-state index in [2.05, 4.69) is 15.2 Å². The van der Waals surface area contributed by atoms with E-state index < -0.39 is 11.6 Å². The van der Waals surface area contributed by atoms with Crippen LogP contribution < -0.4 is 0 Å². The molecule has 0 saturated carbocycles. The molecule has 1 aliphatic heterocycles. The smallest absolute Gasteiger partial charge is 0.375 e. The van der Waals surface area contributed by atoms with Gasteiger partial charge in [0.2, 0.25) is 0 Å². The lowest BCUT2D eigenvalue weighted by Gasteiger charge is -2.18. The van der Waals surface area contributed by atoms with Gasteiger partial charge in [0, 0.05) is 6.61 Å². The van der Waals surface area contributed by atoms with Gasteiger partial charge in [0.05, 0.1) is 0 Å². The van der Waals surface area contributed by atoms with Crippen molar-refractivity contribution in [3.8, 4) is 0 Å². The fourth-order valence-corrected chi connectivity index (χ4v) is 1.56. The number of ether oxygens (including phenoxy) is 1. The summed E-state index contributed by atoms with van der Waals surface area (Å²) in [5, 5.41) is 14.8.